The van der Waals surface area contributed by atoms with Crippen molar-refractivity contribution in [1.82, 2.24) is 19.4 Å². The van der Waals surface area contributed by atoms with E-state index in [1.165, 1.54) is 0 Å². The fourth-order valence-corrected chi connectivity index (χ4v) is 2.24. The number of aryl methyl sites for hydroxylation is 1. The fourth-order valence-electron chi connectivity index (χ4n) is 2.24. The molecule has 0 fully saturated rings. The molecular weight excluding hydrogens is 252 g/mol. The molecule has 0 unspecified atom stereocenters. The van der Waals surface area contributed by atoms with Gasteiger partial charge in [0.15, 0.2) is 0 Å². The molecule has 0 saturated heterocycles. The summed E-state index contributed by atoms with van der Waals surface area (Å²) in [5.74, 6) is 0.861. The molecule has 1 amide bonds. The van der Waals surface area contributed by atoms with Gasteiger partial charge in [0.2, 0.25) is 0 Å². The molecule has 0 atom stereocenters. The third-order valence-electron chi connectivity index (χ3n) is 3.45. The summed E-state index contributed by atoms with van der Waals surface area (Å²) in [6.45, 7) is 0.494. The highest BCUT2D eigenvalue weighted by molar-refractivity contribution is 5.97. The maximum atomic E-state index is 12.4. The number of hydrogen-bond acceptors (Lipinski definition) is 2. The van der Waals surface area contributed by atoms with E-state index in [9.17, 15) is 4.79 Å². The molecule has 0 spiro atoms. The molecule has 0 aliphatic carbocycles. The Morgan fingerprint density at radius 2 is 2.25 bits per heavy atom. The average Bonchev–Trinajstić information content (AvgIpc) is 3.06. The number of carbonyl (C=O) groups excluding carboxylic acids is 1. The van der Waals surface area contributed by atoms with Crippen molar-refractivity contribution >= 4 is 16.8 Å². The number of hydrogen-bond donors (Lipinski definition) is 1. The number of aromatic amines is 1. The van der Waals surface area contributed by atoms with Crippen molar-refractivity contribution in [2.75, 3.05) is 7.05 Å². The van der Waals surface area contributed by atoms with E-state index in [0.717, 1.165) is 16.7 Å². The lowest BCUT2D eigenvalue weighted by Gasteiger charge is -2.17. The van der Waals surface area contributed by atoms with Crippen molar-refractivity contribution in [2.45, 2.75) is 6.54 Å². The average molecular weight is 268 g/mol. The fraction of sp³-hybridized carbons (Fsp3) is 0.200. The zero-order valence-electron chi connectivity index (χ0n) is 11.5. The predicted octanol–water partition coefficient (Wildman–Crippen LogP) is 2.17. The highest BCUT2D eigenvalue weighted by atomic mass is 16.2. The van der Waals surface area contributed by atoms with Gasteiger partial charge in [-0.1, -0.05) is 0 Å². The largest absolute Gasteiger partial charge is 0.361 e. The number of aromatic nitrogens is 3. The van der Waals surface area contributed by atoms with Crippen molar-refractivity contribution in [3.63, 3.8) is 0 Å². The van der Waals surface area contributed by atoms with E-state index in [0.29, 0.717) is 12.1 Å². The van der Waals surface area contributed by atoms with E-state index >= 15 is 0 Å². The summed E-state index contributed by atoms with van der Waals surface area (Å²) in [6.07, 6.45) is 5.48. The molecular formula is C15H16N4O. The zero-order chi connectivity index (χ0) is 14.1. The number of amides is 1. The molecule has 102 valence electrons. The summed E-state index contributed by atoms with van der Waals surface area (Å²) >= 11 is 0. The smallest absolute Gasteiger partial charge is 0.254 e. The van der Waals surface area contributed by atoms with Gasteiger partial charge >= 0.3 is 0 Å². The highest BCUT2D eigenvalue weighted by Gasteiger charge is 2.14. The lowest BCUT2D eigenvalue weighted by Crippen LogP contribution is -2.27. The summed E-state index contributed by atoms with van der Waals surface area (Å²) in [5, 5.41) is 1.04. The topological polar surface area (TPSA) is 53.9 Å². The number of nitrogens with zero attached hydrogens (tertiary/aromatic N) is 3. The Kier molecular flexibility index (Phi) is 3.02. The van der Waals surface area contributed by atoms with Gasteiger partial charge in [0.25, 0.3) is 5.91 Å². The Labute approximate surface area is 116 Å². The van der Waals surface area contributed by atoms with Crippen LogP contribution in [0.1, 0.15) is 16.2 Å². The van der Waals surface area contributed by atoms with Crippen LogP contribution in [0.15, 0.2) is 42.9 Å². The van der Waals surface area contributed by atoms with E-state index in [1.807, 2.05) is 48.3 Å². The summed E-state index contributed by atoms with van der Waals surface area (Å²) in [6, 6.07) is 7.64. The van der Waals surface area contributed by atoms with Crippen LogP contribution < -0.4 is 0 Å². The second-order valence-electron chi connectivity index (χ2n) is 4.90. The maximum Gasteiger partial charge on any atom is 0.254 e. The Morgan fingerprint density at radius 3 is 3.00 bits per heavy atom. The van der Waals surface area contributed by atoms with Gasteiger partial charge in [-0.05, 0) is 24.3 Å². The van der Waals surface area contributed by atoms with E-state index in [1.54, 1.807) is 18.1 Å². The van der Waals surface area contributed by atoms with Gasteiger partial charge in [-0.3, -0.25) is 4.79 Å². The summed E-state index contributed by atoms with van der Waals surface area (Å²) in [7, 11) is 3.71. The van der Waals surface area contributed by atoms with E-state index in [-0.39, 0.29) is 5.91 Å². The predicted molar refractivity (Wildman–Crippen MR) is 77.3 cm³/mol. The first-order valence-corrected chi connectivity index (χ1v) is 6.44. The summed E-state index contributed by atoms with van der Waals surface area (Å²) < 4.78 is 1.92. The second-order valence-corrected chi connectivity index (χ2v) is 4.90. The Hall–Kier alpha value is -2.56. The molecule has 5 nitrogen and oxygen atoms in total. The number of benzene rings is 1. The maximum absolute atomic E-state index is 12.4. The van der Waals surface area contributed by atoms with Gasteiger partial charge in [-0.2, -0.15) is 0 Å². The van der Waals surface area contributed by atoms with Crippen LogP contribution >= 0.6 is 0 Å². The Balaban J connectivity index is 1.82. The lowest BCUT2D eigenvalue weighted by atomic mass is 10.1. The van der Waals surface area contributed by atoms with Crippen molar-refractivity contribution < 1.29 is 4.79 Å². The van der Waals surface area contributed by atoms with Gasteiger partial charge in [0, 0.05) is 49.2 Å². The molecule has 1 N–H and O–H groups in total. The Bertz CT molecular complexity index is 756. The second kappa shape index (κ2) is 4.85. The third-order valence-corrected chi connectivity index (χ3v) is 3.45. The molecule has 3 aromatic rings. The van der Waals surface area contributed by atoms with Crippen LogP contribution in [0.5, 0.6) is 0 Å². The van der Waals surface area contributed by atoms with E-state index in [2.05, 4.69) is 9.97 Å². The molecule has 0 bridgehead atoms. The molecule has 1 aromatic carbocycles. The van der Waals surface area contributed by atoms with Crippen LogP contribution in [0.25, 0.3) is 10.9 Å². The minimum Gasteiger partial charge on any atom is -0.361 e. The normalized spacial score (nSPS) is 10.9. The van der Waals surface area contributed by atoms with Gasteiger partial charge in [0.05, 0.1) is 6.54 Å². The quantitative estimate of drug-likeness (QED) is 0.791. The van der Waals surface area contributed by atoms with Crippen LogP contribution in [0.2, 0.25) is 0 Å². The number of fused-ring (bicyclic) bond motifs is 1. The van der Waals surface area contributed by atoms with Crippen molar-refractivity contribution in [1.29, 1.82) is 0 Å². The first-order valence-electron chi connectivity index (χ1n) is 6.44. The molecule has 20 heavy (non-hydrogen) atoms. The Morgan fingerprint density at radius 1 is 1.40 bits per heavy atom. The number of imidazole rings is 1. The minimum absolute atomic E-state index is 0.00361. The minimum atomic E-state index is -0.00361. The third kappa shape index (κ3) is 2.18. The molecule has 3 rings (SSSR count). The standard InChI is InChI=1S/C15H16N4O/c1-18-8-7-17-14(18)10-19(2)15(20)12-3-4-13-11(9-12)5-6-16-13/h3-9,16H,10H2,1-2H3. The first-order chi connectivity index (χ1) is 9.65. The van der Waals surface area contributed by atoms with Gasteiger partial charge in [-0.25, -0.2) is 4.98 Å². The van der Waals surface area contributed by atoms with Gasteiger partial charge in [0.1, 0.15) is 5.82 Å². The highest BCUT2D eigenvalue weighted by Crippen LogP contribution is 2.16. The monoisotopic (exact) mass is 268 g/mol. The molecule has 0 saturated carbocycles. The van der Waals surface area contributed by atoms with E-state index < -0.39 is 0 Å². The number of nitrogens with one attached hydrogen (secondary N) is 1. The molecule has 5 heteroatoms. The SMILES string of the molecule is CN(Cc1nccn1C)C(=O)c1ccc2[nH]ccc2c1. The van der Waals surface area contributed by atoms with Crippen molar-refractivity contribution in [3.8, 4) is 0 Å². The van der Waals surface area contributed by atoms with Crippen molar-refractivity contribution in [2.24, 2.45) is 7.05 Å². The molecule has 0 radical (unpaired) electrons. The van der Waals surface area contributed by atoms with Gasteiger partial charge in [-0.15, -0.1) is 0 Å². The zero-order valence-corrected chi connectivity index (χ0v) is 11.5. The van der Waals surface area contributed by atoms with Crippen LogP contribution in [-0.2, 0) is 13.6 Å². The number of carbonyl (C=O) groups is 1. The van der Waals surface area contributed by atoms with Crippen LogP contribution in [-0.4, -0.2) is 32.4 Å². The number of H-pyrrole nitrogens is 1. The number of rotatable bonds is 3. The molecule has 0 aliphatic rings. The first kappa shape index (κ1) is 12.5. The molecule has 0 aliphatic heterocycles. The lowest BCUT2D eigenvalue weighted by molar-refractivity contribution is 0.0780. The molecule has 2 heterocycles. The summed E-state index contributed by atoms with van der Waals surface area (Å²) in [4.78, 5) is 21.5. The van der Waals surface area contributed by atoms with Crippen LogP contribution in [0.4, 0.5) is 0 Å². The van der Waals surface area contributed by atoms with Crippen LogP contribution in [0.3, 0.4) is 0 Å². The van der Waals surface area contributed by atoms with Gasteiger partial charge < -0.3 is 14.5 Å². The summed E-state index contributed by atoms with van der Waals surface area (Å²) in [5.41, 5.74) is 1.72. The van der Waals surface area contributed by atoms with Crippen molar-refractivity contribution in [3.05, 3.63) is 54.2 Å². The van der Waals surface area contributed by atoms with E-state index in [4.69, 9.17) is 0 Å². The van der Waals surface area contributed by atoms with Crippen LogP contribution in [0, 0.1) is 0 Å². The molecule has 2 aromatic heterocycles.